The van der Waals surface area contributed by atoms with Crippen molar-refractivity contribution >= 4 is 39.6 Å². The Bertz CT molecular complexity index is 1170. The number of aromatic nitrogens is 2. The van der Waals surface area contributed by atoms with Gasteiger partial charge in [0.2, 0.25) is 10.0 Å². The minimum absolute atomic E-state index is 0. The number of nitrogens with two attached hydrogens (primary N) is 1. The molecule has 0 unspecified atom stereocenters. The smallest absolute Gasteiger partial charge is 0.282 e. The first-order chi connectivity index (χ1) is 13.7. The standard InChI is InChI=1S/C19H19F2N3O4S.Na/c1-11-7-12(3-5-17(11)28-2)16-9-15(19(20)21)23-24(16)14-4-6-18(29(22,26)27)13(8-14)10-25;/h3-9,19,25H,10H2,1-2H3,(H2,22,26,27);. The van der Waals surface area contributed by atoms with E-state index < -0.39 is 28.7 Å². The molecule has 1 radical (unpaired) electrons. The van der Waals surface area contributed by atoms with Crippen LogP contribution in [0.25, 0.3) is 16.9 Å². The van der Waals surface area contributed by atoms with Crippen LogP contribution in [0.3, 0.4) is 0 Å². The number of ether oxygens (including phenoxy) is 1. The Morgan fingerprint density at radius 3 is 2.43 bits per heavy atom. The van der Waals surface area contributed by atoms with Crippen LogP contribution in [0.2, 0.25) is 0 Å². The van der Waals surface area contributed by atoms with Crippen LogP contribution < -0.4 is 9.88 Å². The van der Waals surface area contributed by atoms with Crippen molar-refractivity contribution in [2.45, 2.75) is 24.9 Å². The summed E-state index contributed by atoms with van der Waals surface area (Å²) in [6.45, 7) is 1.22. The van der Waals surface area contributed by atoms with E-state index >= 15 is 0 Å². The number of alkyl halides is 2. The molecule has 0 atom stereocenters. The van der Waals surface area contributed by atoms with E-state index in [0.717, 1.165) is 5.56 Å². The van der Waals surface area contributed by atoms with Crippen molar-refractivity contribution < 1.29 is 27.0 Å². The summed E-state index contributed by atoms with van der Waals surface area (Å²) in [6.07, 6.45) is -2.80. The van der Waals surface area contributed by atoms with Gasteiger partial charge in [-0.25, -0.2) is 27.0 Å². The van der Waals surface area contributed by atoms with E-state index in [0.29, 0.717) is 22.7 Å². The summed E-state index contributed by atoms with van der Waals surface area (Å²) >= 11 is 0. The second kappa shape index (κ2) is 9.54. The third kappa shape index (κ3) is 4.90. The zero-order chi connectivity index (χ0) is 21.3. The molecule has 0 aliphatic heterocycles. The van der Waals surface area contributed by atoms with Gasteiger partial charge in [-0.05, 0) is 60.5 Å². The van der Waals surface area contributed by atoms with Gasteiger partial charge in [0.25, 0.3) is 6.43 Å². The summed E-state index contributed by atoms with van der Waals surface area (Å²) in [6, 6.07) is 10.4. The largest absolute Gasteiger partial charge is 0.496 e. The van der Waals surface area contributed by atoms with Crippen LogP contribution in [-0.4, -0.2) is 60.0 Å². The molecule has 1 heterocycles. The molecule has 11 heteroatoms. The number of nitrogens with zero attached hydrogens (tertiary/aromatic N) is 2. The molecule has 0 spiro atoms. The van der Waals surface area contributed by atoms with Crippen LogP contribution >= 0.6 is 0 Å². The van der Waals surface area contributed by atoms with E-state index in [2.05, 4.69) is 5.10 Å². The third-order valence-corrected chi connectivity index (χ3v) is 5.42. The summed E-state index contributed by atoms with van der Waals surface area (Å²) in [4.78, 5) is -0.244. The van der Waals surface area contributed by atoms with Crippen molar-refractivity contribution in [3.8, 4) is 22.7 Å². The Kier molecular flexibility index (Phi) is 7.78. The molecular weight excluding hydrogens is 427 g/mol. The van der Waals surface area contributed by atoms with Gasteiger partial charge in [-0.1, -0.05) is 0 Å². The number of hydrogen-bond donors (Lipinski definition) is 2. The molecule has 7 nitrogen and oxygen atoms in total. The molecule has 3 N–H and O–H groups in total. The molecular formula is C19H19F2N3NaO4S. The Morgan fingerprint density at radius 2 is 1.90 bits per heavy atom. The fourth-order valence-electron chi connectivity index (χ4n) is 3.04. The number of sulfonamides is 1. The van der Waals surface area contributed by atoms with Gasteiger partial charge in [0, 0.05) is 35.1 Å². The van der Waals surface area contributed by atoms with Crippen molar-refractivity contribution in [2.24, 2.45) is 5.14 Å². The van der Waals surface area contributed by atoms with Crippen molar-refractivity contribution in [3.05, 3.63) is 59.3 Å². The van der Waals surface area contributed by atoms with Crippen LogP contribution in [0.5, 0.6) is 5.75 Å². The van der Waals surface area contributed by atoms with E-state index in [1.54, 1.807) is 18.2 Å². The molecule has 1 aromatic heterocycles. The van der Waals surface area contributed by atoms with E-state index in [1.165, 1.54) is 36.1 Å². The van der Waals surface area contributed by atoms with Gasteiger partial charge >= 0.3 is 0 Å². The number of rotatable bonds is 6. The first-order valence-corrected chi connectivity index (χ1v) is 10.0. The Hall–Kier alpha value is -1.82. The summed E-state index contributed by atoms with van der Waals surface area (Å²) < 4.78 is 56.5. The van der Waals surface area contributed by atoms with Gasteiger partial charge in [0.15, 0.2) is 0 Å². The molecule has 0 saturated carbocycles. The monoisotopic (exact) mass is 446 g/mol. The van der Waals surface area contributed by atoms with Gasteiger partial charge in [0.05, 0.1) is 30.0 Å². The number of aliphatic hydroxyl groups excluding tert-OH is 1. The minimum atomic E-state index is -4.05. The molecule has 0 aliphatic carbocycles. The molecule has 30 heavy (non-hydrogen) atoms. The number of halogens is 2. The third-order valence-electron chi connectivity index (χ3n) is 4.41. The fourth-order valence-corrected chi connectivity index (χ4v) is 3.79. The average molecular weight is 446 g/mol. The first kappa shape index (κ1) is 24.4. The van der Waals surface area contributed by atoms with Crippen molar-refractivity contribution in [1.29, 1.82) is 0 Å². The van der Waals surface area contributed by atoms with Crippen LogP contribution in [-0.2, 0) is 16.6 Å². The quantitative estimate of drug-likeness (QED) is 0.566. The van der Waals surface area contributed by atoms with E-state index in [-0.39, 0.29) is 40.0 Å². The number of methoxy groups -OCH3 is 1. The maximum Gasteiger partial charge on any atom is 0.282 e. The molecule has 3 aromatic rings. The SMILES string of the molecule is COc1ccc(-c2cc(C(F)F)nn2-c2ccc(S(N)(=O)=O)c(CO)c2)cc1C.[Na]. The van der Waals surface area contributed by atoms with E-state index in [1.807, 2.05) is 6.92 Å². The molecule has 155 valence electrons. The van der Waals surface area contributed by atoms with Gasteiger partial charge in [-0.15, -0.1) is 0 Å². The maximum absolute atomic E-state index is 13.3. The van der Waals surface area contributed by atoms with Crippen LogP contribution in [0.4, 0.5) is 8.78 Å². The fraction of sp³-hybridized carbons (Fsp3) is 0.211. The minimum Gasteiger partial charge on any atom is -0.496 e. The van der Waals surface area contributed by atoms with Gasteiger partial charge < -0.3 is 9.84 Å². The van der Waals surface area contributed by atoms with Gasteiger partial charge in [0.1, 0.15) is 11.4 Å². The first-order valence-electron chi connectivity index (χ1n) is 8.45. The van der Waals surface area contributed by atoms with E-state index in [4.69, 9.17) is 9.88 Å². The Balaban J connectivity index is 0.00000320. The Labute approximate surface area is 194 Å². The van der Waals surface area contributed by atoms with Crippen LogP contribution in [0, 0.1) is 6.92 Å². The second-order valence-electron chi connectivity index (χ2n) is 6.35. The van der Waals surface area contributed by atoms with Gasteiger partial charge in [-0.2, -0.15) is 5.10 Å². The summed E-state index contributed by atoms with van der Waals surface area (Å²) in [5.41, 5.74) is 1.70. The predicted octanol–water partition coefficient (Wildman–Crippen LogP) is 2.55. The predicted molar refractivity (Wildman–Crippen MR) is 108 cm³/mol. The number of primary sulfonamides is 1. The van der Waals surface area contributed by atoms with Gasteiger partial charge in [-0.3, -0.25) is 0 Å². The summed E-state index contributed by atoms with van der Waals surface area (Å²) in [5.74, 6) is 0.647. The zero-order valence-corrected chi connectivity index (χ0v) is 19.5. The molecule has 2 aromatic carbocycles. The average Bonchev–Trinajstić information content (AvgIpc) is 3.12. The van der Waals surface area contributed by atoms with Crippen molar-refractivity contribution in [1.82, 2.24) is 9.78 Å². The molecule has 0 saturated heterocycles. The number of benzene rings is 2. The second-order valence-corrected chi connectivity index (χ2v) is 7.88. The zero-order valence-electron chi connectivity index (χ0n) is 16.6. The molecule has 0 aliphatic rings. The maximum atomic E-state index is 13.3. The number of aryl methyl sites for hydroxylation is 1. The molecule has 0 fully saturated rings. The van der Waals surface area contributed by atoms with Crippen molar-refractivity contribution in [2.75, 3.05) is 7.11 Å². The van der Waals surface area contributed by atoms with Crippen LogP contribution in [0.1, 0.15) is 23.2 Å². The number of hydrogen-bond acceptors (Lipinski definition) is 5. The summed E-state index contributed by atoms with van der Waals surface area (Å²) in [5, 5.41) is 18.7. The summed E-state index contributed by atoms with van der Waals surface area (Å²) in [7, 11) is -2.52. The Morgan fingerprint density at radius 1 is 1.20 bits per heavy atom. The normalized spacial score (nSPS) is 11.4. The number of aliphatic hydroxyl groups is 1. The topological polar surface area (TPSA) is 107 Å². The molecule has 0 amide bonds. The van der Waals surface area contributed by atoms with Crippen molar-refractivity contribution in [3.63, 3.8) is 0 Å². The molecule has 0 bridgehead atoms. The van der Waals surface area contributed by atoms with Crippen LogP contribution in [0.15, 0.2) is 47.4 Å². The van der Waals surface area contributed by atoms with E-state index in [9.17, 15) is 22.3 Å². The molecule has 3 rings (SSSR count).